The van der Waals surface area contributed by atoms with Crippen molar-refractivity contribution in [1.82, 2.24) is 25.6 Å². The summed E-state index contributed by atoms with van der Waals surface area (Å²) in [6.45, 7) is 2.50. The molecule has 1 unspecified atom stereocenters. The zero-order valence-electron chi connectivity index (χ0n) is 15.2. The Kier molecular flexibility index (Phi) is 5.65. The number of rotatable bonds is 6. The number of thiophene rings is 1. The lowest BCUT2D eigenvalue weighted by molar-refractivity contribution is 0.0945. The molecule has 0 bridgehead atoms. The molecule has 4 rings (SSSR count). The fourth-order valence-electron chi connectivity index (χ4n) is 3.95. The highest BCUT2D eigenvalue weighted by Crippen LogP contribution is 2.30. The van der Waals surface area contributed by atoms with Crippen molar-refractivity contribution in [3.63, 3.8) is 0 Å². The van der Waals surface area contributed by atoms with Crippen LogP contribution in [0.15, 0.2) is 11.6 Å². The number of fused-ring (bicyclic) bond motifs is 1. The third kappa shape index (κ3) is 4.15. The SMILES string of the molecule is O=C(NCc1csc2c1CCCC2)c1cn(CCC2CCCCN2)nn1. The zero-order valence-corrected chi connectivity index (χ0v) is 16.0. The minimum absolute atomic E-state index is 0.136. The number of amides is 1. The molecule has 3 heterocycles. The Morgan fingerprint density at radius 3 is 3.12 bits per heavy atom. The second-order valence-electron chi connectivity index (χ2n) is 7.35. The third-order valence-corrected chi connectivity index (χ3v) is 6.62. The molecule has 2 aromatic heterocycles. The van der Waals surface area contributed by atoms with E-state index in [4.69, 9.17) is 0 Å². The van der Waals surface area contributed by atoms with Gasteiger partial charge in [0, 0.05) is 24.0 Å². The topological polar surface area (TPSA) is 71.8 Å². The van der Waals surface area contributed by atoms with Crippen molar-refractivity contribution >= 4 is 17.2 Å². The Bertz CT molecular complexity index is 747. The molecule has 1 atom stereocenters. The highest BCUT2D eigenvalue weighted by atomic mass is 32.1. The molecule has 1 aliphatic heterocycles. The lowest BCUT2D eigenvalue weighted by atomic mass is 9.96. The second-order valence-corrected chi connectivity index (χ2v) is 8.32. The normalized spacial score (nSPS) is 19.9. The Hall–Kier alpha value is -1.73. The summed E-state index contributed by atoms with van der Waals surface area (Å²) < 4.78 is 1.79. The van der Waals surface area contributed by atoms with Crippen LogP contribution in [0.5, 0.6) is 0 Å². The quantitative estimate of drug-likeness (QED) is 0.817. The number of piperidine rings is 1. The van der Waals surface area contributed by atoms with Crippen LogP contribution in [0.25, 0.3) is 0 Å². The lowest BCUT2D eigenvalue weighted by Crippen LogP contribution is -2.34. The molecule has 1 saturated heterocycles. The first kappa shape index (κ1) is 17.7. The maximum atomic E-state index is 12.4. The summed E-state index contributed by atoms with van der Waals surface area (Å²) in [5, 5.41) is 16.9. The number of aromatic nitrogens is 3. The summed E-state index contributed by atoms with van der Waals surface area (Å²) in [6.07, 6.45) is 11.5. The van der Waals surface area contributed by atoms with E-state index in [9.17, 15) is 4.79 Å². The monoisotopic (exact) mass is 373 g/mol. The van der Waals surface area contributed by atoms with Gasteiger partial charge in [0.1, 0.15) is 0 Å². The standard InChI is InChI=1S/C19H27N5OS/c25-19(21-11-14-13-26-18-7-2-1-6-16(14)18)17-12-24(23-22-17)10-8-15-5-3-4-9-20-15/h12-13,15,20H,1-11H2,(H,21,25). The van der Waals surface area contributed by atoms with E-state index in [2.05, 4.69) is 26.3 Å². The second kappa shape index (κ2) is 8.31. The molecular formula is C19H27N5OS. The lowest BCUT2D eigenvalue weighted by Gasteiger charge is -2.23. The molecule has 1 amide bonds. The van der Waals surface area contributed by atoms with Crippen LogP contribution in [0.3, 0.4) is 0 Å². The molecule has 1 aliphatic carbocycles. The molecule has 6 nitrogen and oxygen atoms in total. The largest absolute Gasteiger partial charge is 0.346 e. The van der Waals surface area contributed by atoms with Gasteiger partial charge in [-0.2, -0.15) is 0 Å². The molecule has 2 N–H and O–H groups in total. The van der Waals surface area contributed by atoms with Crippen molar-refractivity contribution in [3.8, 4) is 0 Å². The highest BCUT2D eigenvalue weighted by molar-refractivity contribution is 7.10. The Morgan fingerprint density at radius 1 is 1.31 bits per heavy atom. The first-order valence-electron chi connectivity index (χ1n) is 9.79. The summed E-state index contributed by atoms with van der Waals surface area (Å²) in [4.78, 5) is 13.9. The highest BCUT2D eigenvalue weighted by Gasteiger charge is 2.17. The fraction of sp³-hybridized carbons (Fsp3) is 0.632. The first-order chi connectivity index (χ1) is 12.8. The summed E-state index contributed by atoms with van der Waals surface area (Å²) >= 11 is 1.83. The van der Waals surface area contributed by atoms with Gasteiger partial charge in [-0.15, -0.1) is 16.4 Å². The van der Waals surface area contributed by atoms with Gasteiger partial charge in [-0.25, -0.2) is 0 Å². The summed E-state index contributed by atoms with van der Waals surface area (Å²) in [5.41, 5.74) is 3.14. The fourth-order valence-corrected chi connectivity index (χ4v) is 5.09. The van der Waals surface area contributed by atoms with E-state index in [1.165, 1.54) is 54.5 Å². The third-order valence-electron chi connectivity index (χ3n) is 5.48. The van der Waals surface area contributed by atoms with E-state index < -0.39 is 0 Å². The summed E-state index contributed by atoms with van der Waals surface area (Å²) in [7, 11) is 0. The molecule has 2 aliphatic rings. The van der Waals surface area contributed by atoms with Crippen LogP contribution in [0.1, 0.15) is 65.0 Å². The van der Waals surface area contributed by atoms with Gasteiger partial charge in [0.15, 0.2) is 5.69 Å². The van der Waals surface area contributed by atoms with Crippen LogP contribution < -0.4 is 10.6 Å². The van der Waals surface area contributed by atoms with Crippen LogP contribution in [-0.2, 0) is 25.9 Å². The molecular weight excluding hydrogens is 346 g/mol. The van der Waals surface area contributed by atoms with E-state index in [1.54, 1.807) is 10.9 Å². The van der Waals surface area contributed by atoms with Crippen LogP contribution in [0.4, 0.5) is 0 Å². The number of hydrogen-bond donors (Lipinski definition) is 2. The van der Waals surface area contributed by atoms with Crippen molar-refractivity contribution in [3.05, 3.63) is 33.3 Å². The number of carbonyl (C=O) groups excluding carboxylic acids is 1. The average molecular weight is 374 g/mol. The van der Waals surface area contributed by atoms with Gasteiger partial charge in [-0.05, 0) is 68.0 Å². The number of hydrogen-bond acceptors (Lipinski definition) is 5. The molecule has 0 radical (unpaired) electrons. The van der Waals surface area contributed by atoms with Crippen LogP contribution in [-0.4, -0.2) is 33.5 Å². The Labute approximate surface area is 158 Å². The molecule has 0 spiro atoms. The van der Waals surface area contributed by atoms with Crippen molar-refractivity contribution in [2.75, 3.05) is 6.54 Å². The molecule has 7 heteroatoms. The minimum Gasteiger partial charge on any atom is -0.346 e. The zero-order chi connectivity index (χ0) is 17.8. The van der Waals surface area contributed by atoms with E-state index in [0.717, 1.165) is 25.9 Å². The van der Waals surface area contributed by atoms with Crippen LogP contribution in [0.2, 0.25) is 0 Å². The maximum absolute atomic E-state index is 12.4. The van der Waals surface area contributed by atoms with Crippen molar-refractivity contribution in [1.29, 1.82) is 0 Å². The van der Waals surface area contributed by atoms with Crippen molar-refractivity contribution < 1.29 is 4.79 Å². The maximum Gasteiger partial charge on any atom is 0.273 e. The predicted octanol–water partition coefficient (Wildman–Crippen LogP) is 2.68. The molecule has 2 aromatic rings. The Balaban J connectivity index is 1.28. The summed E-state index contributed by atoms with van der Waals surface area (Å²) in [5.74, 6) is -0.136. The van der Waals surface area contributed by atoms with Gasteiger partial charge >= 0.3 is 0 Å². The van der Waals surface area contributed by atoms with Gasteiger partial charge in [-0.3, -0.25) is 9.48 Å². The average Bonchev–Trinajstić information content (AvgIpc) is 3.32. The van der Waals surface area contributed by atoms with Gasteiger partial charge in [-0.1, -0.05) is 11.6 Å². The van der Waals surface area contributed by atoms with Gasteiger partial charge in [0.25, 0.3) is 5.91 Å². The first-order valence-corrected chi connectivity index (χ1v) is 10.7. The summed E-state index contributed by atoms with van der Waals surface area (Å²) in [6, 6.07) is 0.565. The molecule has 0 saturated carbocycles. The van der Waals surface area contributed by atoms with E-state index in [0.29, 0.717) is 18.3 Å². The van der Waals surface area contributed by atoms with Crippen LogP contribution in [0, 0.1) is 0 Å². The van der Waals surface area contributed by atoms with Crippen molar-refractivity contribution in [2.24, 2.45) is 0 Å². The molecule has 0 aromatic carbocycles. The van der Waals surface area contributed by atoms with E-state index in [1.807, 2.05) is 11.3 Å². The molecule has 26 heavy (non-hydrogen) atoms. The number of aryl methyl sites for hydroxylation is 2. The van der Waals surface area contributed by atoms with Crippen LogP contribution >= 0.6 is 11.3 Å². The van der Waals surface area contributed by atoms with Crippen molar-refractivity contribution in [2.45, 2.75) is 70.5 Å². The predicted molar refractivity (Wildman–Crippen MR) is 102 cm³/mol. The van der Waals surface area contributed by atoms with Gasteiger partial charge < -0.3 is 10.6 Å². The van der Waals surface area contributed by atoms with E-state index >= 15 is 0 Å². The smallest absolute Gasteiger partial charge is 0.273 e. The van der Waals surface area contributed by atoms with E-state index in [-0.39, 0.29) is 5.91 Å². The molecule has 1 fully saturated rings. The molecule has 140 valence electrons. The number of nitrogens with one attached hydrogen (secondary N) is 2. The van der Waals surface area contributed by atoms with Gasteiger partial charge in [0.2, 0.25) is 0 Å². The minimum atomic E-state index is -0.136. The Morgan fingerprint density at radius 2 is 2.23 bits per heavy atom. The number of carbonyl (C=O) groups is 1. The van der Waals surface area contributed by atoms with Gasteiger partial charge in [0.05, 0.1) is 6.20 Å². The number of nitrogens with zero attached hydrogens (tertiary/aromatic N) is 3.